The van der Waals surface area contributed by atoms with Gasteiger partial charge in [0.05, 0.1) is 11.7 Å². The molecule has 152 valence electrons. The number of carbonyl (C=O) groups is 2. The lowest BCUT2D eigenvalue weighted by Gasteiger charge is -2.33. The highest BCUT2D eigenvalue weighted by Crippen LogP contribution is 2.38. The van der Waals surface area contributed by atoms with Crippen molar-refractivity contribution in [2.45, 2.75) is 44.8 Å². The van der Waals surface area contributed by atoms with Crippen LogP contribution in [-0.4, -0.2) is 28.1 Å². The molecular weight excluding hydrogens is 368 g/mol. The fraction of sp³-hybridized carbons (Fsp3) is 0.333. The quantitative estimate of drug-likeness (QED) is 0.686. The molecule has 1 unspecified atom stereocenters. The van der Waals surface area contributed by atoms with Gasteiger partial charge in [-0.05, 0) is 24.0 Å². The van der Waals surface area contributed by atoms with E-state index in [4.69, 9.17) is 4.74 Å². The van der Waals surface area contributed by atoms with Crippen LogP contribution in [-0.2, 0) is 14.3 Å². The summed E-state index contributed by atoms with van der Waals surface area (Å²) in [6, 6.07) is 18.2. The van der Waals surface area contributed by atoms with Crippen molar-refractivity contribution in [1.29, 1.82) is 0 Å². The van der Waals surface area contributed by atoms with E-state index >= 15 is 0 Å². The Balaban J connectivity index is 1.94. The number of aliphatic hydroxyl groups excluding tert-OH is 2. The van der Waals surface area contributed by atoms with E-state index in [-0.39, 0.29) is 5.57 Å². The summed E-state index contributed by atoms with van der Waals surface area (Å²) < 4.78 is 5.52. The Morgan fingerprint density at radius 3 is 1.97 bits per heavy atom. The van der Waals surface area contributed by atoms with Gasteiger partial charge < -0.3 is 14.9 Å². The topological polar surface area (TPSA) is 83.8 Å². The lowest BCUT2D eigenvalue weighted by molar-refractivity contribution is -0.161. The second kappa shape index (κ2) is 9.05. The van der Waals surface area contributed by atoms with E-state index in [1.807, 2.05) is 50.2 Å². The Bertz CT molecular complexity index is 888. The molecular formula is C24H26O5. The number of esters is 1. The summed E-state index contributed by atoms with van der Waals surface area (Å²) in [6.45, 7) is 3.70. The molecule has 1 heterocycles. The van der Waals surface area contributed by atoms with Crippen molar-refractivity contribution in [2.75, 3.05) is 0 Å². The first-order valence-corrected chi connectivity index (χ1v) is 9.95. The maximum atomic E-state index is 13.0. The second-order valence-corrected chi connectivity index (χ2v) is 7.25. The van der Waals surface area contributed by atoms with Gasteiger partial charge in [-0.25, -0.2) is 4.79 Å². The van der Waals surface area contributed by atoms with Gasteiger partial charge in [-0.15, -0.1) is 0 Å². The van der Waals surface area contributed by atoms with Crippen LogP contribution in [0, 0.1) is 5.92 Å². The highest BCUT2D eigenvalue weighted by atomic mass is 16.6. The number of benzene rings is 2. The smallest absolute Gasteiger partial charge is 0.339 e. The van der Waals surface area contributed by atoms with Crippen LogP contribution >= 0.6 is 0 Å². The fourth-order valence-corrected chi connectivity index (χ4v) is 3.98. The molecule has 0 bridgehead atoms. The van der Waals surface area contributed by atoms with Crippen LogP contribution in [0.3, 0.4) is 0 Å². The van der Waals surface area contributed by atoms with Crippen LogP contribution in [0.5, 0.6) is 0 Å². The number of carbonyl (C=O) groups excluding carboxylic acids is 2. The van der Waals surface area contributed by atoms with Gasteiger partial charge in [0.25, 0.3) is 0 Å². The molecule has 2 aromatic rings. The van der Waals surface area contributed by atoms with E-state index in [0.29, 0.717) is 18.4 Å². The van der Waals surface area contributed by atoms with Gasteiger partial charge >= 0.3 is 5.97 Å². The third-order valence-corrected chi connectivity index (χ3v) is 5.57. The number of aliphatic hydroxyl groups is 2. The van der Waals surface area contributed by atoms with Crippen molar-refractivity contribution in [3.8, 4) is 0 Å². The van der Waals surface area contributed by atoms with Crippen molar-refractivity contribution in [3.05, 3.63) is 83.1 Å². The minimum Gasteiger partial charge on any atom is -0.504 e. The number of rotatable bonds is 7. The summed E-state index contributed by atoms with van der Waals surface area (Å²) in [7, 11) is 0. The molecule has 0 aromatic heterocycles. The lowest BCUT2D eigenvalue weighted by atomic mass is 9.81. The monoisotopic (exact) mass is 394 g/mol. The third kappa shape index (κ3) is 4.10. The van der Waals surface area contributed by atoms with Crippen molar-refractivity contribution >= 4 is 11.8 Å². The molecule has 4 atom stereocenters. The minimum atomic E-state index is -1.22. The maximum absolute atomic E-state index is 13.0. The molecule has 5 nitrogen and oxygen atoms in total. The second-order valence-electron chi connectivity index (χ2n) is 7.25. The van der Waals surface area contributed by atoms with Crippen molar-refractivity contribution in [2.24, 2.45) is 5.92 Å². The normalized spacial score (nSPS) is 20.2. The maximum Gasteiger partial charge on any atom is 0.339 e. The first-order chi connectivity index (χ1) is 14.0. The Labute approximate surface area is 170 Å². The molecule has 1 aliphatic heterocycles. The zero-order valence-electron chi connectivity index (χ0n) is 16.6. The van der Waals surface area contributed by atoms with Crippen LogP contribution in [0.1, 0.15) is 49.8 Å². The molecule has 0 saturated carbocycles. The van der Waals surface area contributed by atoms with Crippen LogP contribution in [0.25, 0.3) is 0 Å². The average Bonchev–Trinajstić information content (AvgIpc) is 2.76. The van der Waals surface area contributed by atoms with Crippen LogP contribution in [0.15, 0.2) is 72.0 Å². The van der Waals surface area contributed by atoms with Gasteiger partial charge in [-0.3, -0.25) is 4.79 Å². The standard InChI is InChI=1S/C24H26O5/c1-3-17(15-11-7-5-8-12-15)19-21(26)22(27)23(29-24(19)28)18(4-2)20(25)16-13-9-6-10-14-16/h5-14,17-18,20,23,25-26H,3-4H2,1-2H3/t17-,18-,20-,23?/m0/s1. The van der Waals surface area contributed by atoms with E-state index in [2.05, 4.69) is 0 Å². The number of ether oxygens (including phenoxy) is 1. The van der Waals surface area contributed by atoms with Gasteiger partial charge in [0.2, 0.25) is 5.78 Å². The molecule has 29 heavy (non-hydrogen) atoms. The summed E-state index contributed by atoms with van der Waals surface area (Å²) >= 11 is 0. The zero-order valence-corrected chi connectivity index (χ0v) is 16.6. The van der Waals surface area contributed by atoms with Crippen LogP contribution < -0.4 is 0 Å². The first-order valence-electron chi connectivity index (χ1n) is 9.95. The summed E-state index contributed by atoms with van der Waals surface area (Å²) in [5.74, 6) is -3.01. The Morgan fingerprint density at radius 2 is 1.45 bits per heavy atom. The number of cyclic esters (lactones) is 1. The van der Waals surface area contributed by atoms with Crippen LogP contribution in [0.2, 0.25) is 0 Å². The largest absolute Gasteiger partial charge is 0.504 e. The van der Waals surface area contributed by atoms with Crippen molar-refractivity contribution < 1.29 is 24.5 Å². The van der Waals surface area contributed by atoms with Crippen molar-refractivity contribution in [1.82, 2.24) is 0 Å². The van der Waals surface area contributed by atoms with Gasteiger partial charge in [-0.1, -0.05) is 74.5 Å². The first kappa shape index (κ1) is 20.8. The minimum absolute atomic E-state index is 0.0102. The molecule has 0 spiro atoms. The predicted octanol–water partition coefficient (Wildman–Crippen LogP) is 4.25. The Kier molecular flexibility index (Phi) is 6.49. The molecule has 0 radical (unpaired) electrons. The van der Waals surface area contributed by atoms with E-state index in [0.717, 1.165) is 5.56 Å². The third-order valence-electron chi connectivity index (χ3n) is 5.57. The fourth-order valence-electron chi connectivity index (χ4n) is 3.98. The lowest BCUT2D eigenvalue weighted by Crippen LogP contribution is -2.43. The highest BCUT2D eigenvalue weighted by Gasteiger charge is 2.45. The van der Waals surface area contributed by atoms with Crippen molar-refractivity contribution in [3.63, 3.8) is 0 Å². The van der Waals surface area contributed by atoms with E-state index in [1.54, 1.807) is 24.3 Å². The van der Waals surface area contributed by atoms with Gasteiger partial charge in [0.1, 0.15) is 0 Å². The summed E-state index contributed by atoms with van der Waals surface area (Å²) in [5, 5.41) is 21.5. The molecule has 0 fully saturated rings. The van der Waals surface area contributed by atoms with Gasteiger partial charge in [-0.2, -0.15) is 0 Å². The average molecular weight is 394 g/mol. The van der Waals surface area contributed by atoms with Crippen LogP contribution in [0.4, 0.5) is 0 Å². The van der Waals surface area contributed by atoms with Gasteiger partial charge in [0, 0.05) is 11.8 Å². The predicted molar refractivity (Wildman–Crippen MR) is 109 cm³/mol. The molecule has 0 aliphatic carbocycles. The summed E-state index contributed by atoms with van der Waals surface area (Å²) in [6.07, 6.45) is -1.29. The molecule has 3 rings (SSSR count). The molecule has 0 saturated heterocycles. The molecule has 2 N–H and O–H groups in total. The molecule has 1 aliphatic rings. The van der Waals surface area contributed by atoms with E-state index < -0.39 is 41.6 Å². The van der Waals surface area contributed by atoms with E-state index in [1.165, 1.54) is 0 Å². The number of hydrogen-bond donors (Lipinski definition) is 2. The van der Waals surface area contributed by atoms with E-state index in [9.17, 15) is 19.8 Å². The highest BCUT2D eigenvalue weighted by molar-refractivity contribution is 6.09. The Hall–Kier alpha value is -2.92. The summed E-state index contributed by atoms with van der Waals surface area (Å²) in [4.78, 5) is 25.8. The SMILES string of the molecule is CC[C@H](C1=C(O)C(=O)C([C@@H](CC)[C@@H](O)c2ccccc2)OC1=O)c1ccccc1. The molecule has 5 heteroatoms. The zero-order chi connectivity index (χ0) is 21.0. The number of Topliss-reactive ketones (excluding diaryl/α,β-unsaturated/α-hetero) is 1. The van der Waals surface area contributed by atoms with Gasteiger partial charge in [0.15, 0.2) is 11.9 Å². The Morgan fingerprint density at radius 1 is 0.897 bits per heavy atom. The number of hydrogen-bond acceptors (Lipinski definition) is 5. The summed E-state index contributed by atoms with van der Waals surface area (Å²) in [5.41, 5.74) is 1.45. The molecule has 2 aromatic carbocycles. The molecule has 0 amide bonds. The number of ketones is 1.